The average Bonchev–Trinajstić information content (AvgIpc) is 2.51. The number of fused-ring (bicyclic) bond motifs is 1. The molecule has 1 fully saturated rings. The fraction of sp³-hybridized carbons (Fsp3) is 0.667. The molecule has 0 aromatic carbocycles. The molecule has 5 rings (SSSR count). The molecule has 8 heteroatoms. The van der Waals surface area contributed by atoms with Crippen molar-refractivity contribution in [3.05, 3.63) is 36.5 Å². The lowest BCUT2D eigenvalue weighted by Gasteiger charge is -2.70. The van der Waals surface area contributed by atoms with Gasteiger partial charge in [-0.05, 0) is 36.5 Å². The third kappa shape index (κ3) is 2.65. The second-order valence-electron chi connectivity index (χ2n) is 8.04. The van der Waals surface area contributed by atoms with Crippen molar-refractivity contribution in [1.82, 2.24) is 0 Å². The zero-order chi connectivity index (χ0) is 18.8. The van der Waals surface area contributed by atoms with Crippen LogP contribution in [0.1, 0.15) is 12.8 Å². The van der Waals surface area contributed by atoms with Crippen molar-refractivity contribution in [2.24, 2.45) is 34.5 Å². The molecule has 1 saturated carbocycles. The molecule has 0 radical (unpaired) electrons. The third-order valence-electron chi connectivity index (χ3n) is 6.76. The standard InChI is InChI=1S/C18H24O6S2/c1-25(19,20)23-11-13-14(12-24-26(2,21)22)16-6-5-15(13)17-7-3-4-8-18(16,17)10-9-17/h3-6,9-10,13-16H,7-8,11-12H2,1-2H3/t13-,14+,15-,16-,17+,18+/m1/s1. The summed E-state index contributed by atoms with van der Waals surface area (Å²) in [5, 5.41) is 0. The number of hydrogen-bond donors (Lipinski definition) is 0. The van der Waals surface area contributed by atoms with Gasteiger partial charge in [-0.15, -0.1) is 0 Å². The van der Waals surface area contributed by atoms with Crippen molar-refractivity contribution >= 4 is 20.2 Å². The fourth-order valence-corrected chi connectivity index (χ4v) is 6.53. The Morgan fingerprint density at radius 3 is 1.50 bits per heavy atom. The van der Waals surface area contributed by atoms with E-state index in [1.165, 1.54) is 0 Å². The van der Waals surface area contributed by atoms with E-state index >= 15 is 0 Å². The summed E-state index contributed by atoms with van der Waals surface area (Å²) in [6.45, 7) is 0.106. The van der Waals surface area contributed by atoms with E-state index in [0.717, 1.165) is 25.4 Å². The normalized spacial score (nSPS) is 43.0. The molecule has 0 aromatic heterocycles. The molecule has 0 heterocycles. The van der Waals surface area contributed by atoms with Crippen LogP contribution in [0, 0.1) is 34.5 Å². The van der Waals surface area contributed by atoms with Crippen LogP contribution in [0.3, 0.4) is 0 Å². The number of rotatable bonds is 6. The molecule has 26 heavy (non-hydrogen) atoms. The first-order valence-corrected chi connectivity index (χ1v) is 12.4. The Bertz CT molecular complexity index is 828. The molecule has 144 valence electrons. The van der Waals surface area contributed by atoms with E-state index in [2.05, 4.69) is 36.5 Å². The van der Waals surface area contributed by atoms with E-state index in [-0.39, 0.29) is 47.7 Å². The Hall–Kier alpha value is -0.960. The summed E-state index contributed by atoms with van der Waals surface area (Å²) in [7, 11) is -7.14. The summed E-state index contributed by atoms with van der Waals surface area (Å²) in [6.07, 6.45) is 17.2. The molecule has 6 atom stereocenters. The molecule has 0 amide bonds. The van der Waals surface area contributed by atoms with Crippen molar-refractivity contribution < 1.29 is 25.2 Å². The van der Waals surface area contributed by atoms with Crippen LogP contribution in [0.2, 0.25) is 0 Å². The van der Waals surface area contributed by atoms with Crippen LogP contribution in [0.15, 0.2) is 36.5 Å². The monoisotopic (exact) mass is 400 g/mol. The maximum atomic E-state index is 11.6. The van der Waals surface area contributed by atoms with Gasteiger partial charge in [0.05, 0.1) is 25.7 Å². The van der Waals surface area contributed by atoms with Crippen molar-refractivity contribution in [3.63, 3.8) is 0 Å². The van der Waals surface area contributed by atoms with Gasteiger partial charge < -0.3 is 0 Å². The quantitative estimate of drug-likeness (QED) is 0.500. The van der Waals surface area contributed by atoms with E-state index in [1.54, 1.807) is 0 Å². The van der Waals surface area contributed by atoms with Crippen LogP contribution in [-0.2, 0) is 28.6 Å². The first-order chi connectivity index (χ1) is 12.1. The van der Waals surface area contributed by atoms with Crippen molar-refractivity contribution in [2.45, 2.75) is 12.8 Å². The number of allylic oxidation sites excluding steroid dienone is 6. The van der Waals surface area contributed by atoms with Gasteiger partial charge >= 0.3 is 0 Å². The minimum absolute atomic E-state index is 0.0196. The molecule has 5 aliphatic rings. The van der Waals surface area contributed by atoms with E-state index in [0.29, 0.717) is 0 Å². The number of hydrogen-bond acceptors (Lipinski definition) is 6. The Labute approximate surface area is 155 Å². The largest absolute Gasteiger partial charge is 0.270 e. The topological polar surface area (TPSA) is 86.7 Å². The SMILES string of the molecule is CS(=O)(=O)OC[C@@H]1[C@H](COS(C)(=O)=O)[C@H]2C=C[C@H]1[C@]13C=C[C@@]21CC=CC3. The van der Waals surface area contributed by atoms with Gasteiger partial charge in [0.1, 0.15) is 0 Å². The van der Waals surface area contributed by atoms with E-state index in [4.69, 9.17) is 8.37 Å². The molecule has 6 nitrogen and oxygen atoms in total. The molecular formula is C18H24O6S2. The Morgan fingerprint density at radius 2 is 1.19 bits per heavy atom. The average molecular weight is 401 g/mol. The zero-order valence-corrected chi connectivity index (χ0v) is 16.5. The lowest BCUT2D eigenvalue weighted by atomic mass is 9.33. The minimum atomic E-state index is -3.57. The third-order valence-corrected chi connectivity index (χ3v) is 7.89. The van der Waals surface area contributed by atoms with E-state index in [1.807, 2.05) is 0 Å². The van der Waals surface area contributed by atoms with Crippen LogP contribution in [-0.4, -0.2) is 42.6 Å². The van der Waals surface area contributed by atoms with Crippen LogP contribution < -0.4 is 0 Å². The first-order valence-electron chi connectivity index (χ1n) is 8.81. The second-order valence-corrected chi connectivity index (χ2v) is 11.3. The summed E-state index contributed by atoms with van der Waals surface area (Å²) in [4.78, 5) is 0. The van der Waals surface area contributed by atoms with E-state index < -0.39 is 20.2 Å². The second kappa shape index (κ2) is 5.77. The van der Waals surface area contributed by atoms with Crippen molar-refractivity contribution in [3.8, 4) is 0 Å². The Kier molecular flexibility index (Phi) is 4.08. The molecule has 0 unspecified atom stereocenters. The maximum absolute atomic E-state index is 11.6. The van der Waals surface area contributed by atoms with Gasteiger partial charge in [-0.2, -0.15) is 16.8 Å². The molecule has 2 bridgehead atoms. The van der Waals surface area contributed by atoms with Crippen LogP contribution in [0.5, 0.6) is 0 Å². The first kappa shape index (κ1) is 18.4. The highest BCUT2D eigenvalue weighted by Gasteiger charge is 2.69. The smallest absolute Gasteiger partial charge is 0.264 e. The van der Waals surface area contributed by atoms with Gasteiger partial charge in [0.15, 0.2) is 0 Å². The highest BCUT2D eigenvalue weighted by atomic mass is 32.2. The summed E-state index contributed by atoms with van der Waals surface area (Å²) in [6, 6.07) is 0. The van der Waals surface area contributed by atoms with Gasteiger partial charge in [-0.1, -0.05) is 36.5 Å². The molecule has 5 aliphatic carbocycles. The fourth-order valence-electron chi connectivity index (χ4n) is 5.72. The van der Waals surface area contributed by atoms with Gasteiger partial charge in [-0.3, -0.25) is 8.37 Å². The summed E-state index contributed by atoms with van der Waals surface area (Å²) >= 11 is 0. The molecular weight excluding hydrogens is 376 g/mol. The highest BCUT2D eigenvalue weighted by molar-refractivity contribution is 7.86. The molecule has 0 N–H and O–H groups in total. The summed E-state index contributed by atoms with van der Waals surface area (Å²) < 4.78 is 56.5. The molecule has 0 aromatic rings. The lowest BCUT2D eigenvalue weighted by Crippen LogP contribution is -2.66. The van der Waals surface area contributed by atoms with Gasteiger partial charge in [0, 0.05) is 10.8 Å². The van der Waals surface area contributed by atoms with Crippen LogP contribution in [0.25, 0.3) is 0 Å². The van der Waals surface area contributed by atoms with Gasteiger partial charge in [0.2, 0.25) is 0 Å². The van der Waals surface area contributed by atoms with Gasteiger partial charge in [0.25, 0.3) is 20.2 Å². The highest BCUT2D eigenvalue weighted by Crippen LogP contribution is 2.74. The predicted molar refractivity (Wildman–Crippen MR) is 97.1 cm³/mol. The van der Waals surface area contributed by atoms with Crippen LogP contribution >= 0.6 is 0 Å². The predicted octanol–water partition coefficient (Wildman–Crippen LogP) is 1.88. The van der Waals surface area contributed by atoms with Crippen LogP contribution in [0.4, 0.5) is 0 Å². The summed E-state index contributed by atoms with van der Waals surface area (Å²) in [5.41, 5.74) is -0.0391. The minimum Gasteiger partial charge on any atom is -0.270 e. The Balaban J connectivity index is 1.70. The van der Waals surface area contributed by atoms with E-state index in [9.17, 15) is 16.8 Å². The van der Waals surface area contributed by atoms with Crippen molar-refractivity contribution in [1.29, 1.82) is 0 Å². The van der Waals surface area contributed by atoms with Crippen molar-refractivity contribution in [2.75, 3.05) is 25.7 Å². The Morgan fingerprint density at radius 1 is 0.808 bits per heavy atom. The molecule has 0 aliphatic heterocycles. The lowest BCUT2D eigenvalue weighted by molar-refractivity contribution is -0.130. The zero-order valence-electron chi connectivity index (χ0n) is 14.9. The van der Waals surface area contributed by atoms with Gasteiger partial charge in [-0.25, -0.2) is 0 Å². The summed E-state index contributed by atoms with van der Waals surface area (Å²) in [5.74, 6) is 0.00632. The molecule has 0 spiro atoms. The maximum Gasteiger partial charge on any atom is 0.264 e. The molecule has 0 saturated heterocycles.